The highest BCUT2D eigenvalue weighted by Gasteiger charge is 2.18. The number of nitrogens with zero attached hydrogens (tertiary/aromatic N) is 1. The zero-order valence-electron chi connectivity index (χ0n) is 27.4. The summed E-state index contributed by atoms with van der Waals surface area (Å²) in [5.74, 6) is 0.875. The molecule has 0 aliphatic rings. The van der Waals surface area contributed by atoms with Gasteiger partial charge in [0.1, 0.15) is 11.3 Å². The van der Waals surface area contributed by atoms with Crippen molar-refractivity contribution < 1.29 is 4.42 Å². The van der Waals surface area contributed by atoms with E-state index >= 15 is 0 Å². The maximum Gasteiger partial charge on any atom is 0.135 e. The quantitative estimate of drug-likeness (QED) is 0.173. The third kappa shape index (κ3) is 5.63. The molecule has 9 rings (SSSR count). The number of rotatable bonds is 7. The summed E-state index contributed by atoms with van der Waals surface area (Å²) in [6.45, 7) is 0. The number of hydrogen-bond donors (Lipinski definition) is 0. The molecular weight excluding hydrogens is 607 g/mol. The molecule has 2 nitrogen and oxygen atoms in total. The Morgan fingerprint density at radius 3 is 1.62 bits per heavy atom. The molecule has 0 saturated heterocycles. The van der Waals surface area contributed by atoms with Crippen molar-refractivity contribution in [1.29, 1.82) is 0 Å². The molecule has 0 bridgehead atoms. The Kier molecular flexibility index (Phi) is 7.53. The molecule has 0 atom stereocenters. The van der Waals surface area contributed by atoms with E-state index in [1.165, 1.54) is 33.0 Å². The first-order chi connectivity index (χ1) is 24.8. The molecule has 0 fully saturated rings. The Morgan fingerprint density at radius 2 is 0.880 bits per heavy atom. The summed E-state index contributed by atoms with van der Waals surface area (Å²) >= 11 is 0. The third-order valence-corrected chi connectivity index (χ3v) is 9.47. The van der Waals surface area contributed by atoms with Gasteiger partial charge in [0.05, 0.1) is 5.69 Å². The van der Waals surface area contributed by atoms with Crippen molar-refractivity contribution in [3.8, 4) is 44.7 Å². The van der Waals surface area contributed by atoms with Crippen molar-refractivity contribution in [3.63, 3.8) is 0 Å². The average Bonchev–Trinajstić information content (AvgIpc) is 3.64. The summed E-state index contributed by atoms with van der Waals surface area (Å²) in [6, 6.07) is 71.2. The van der Waals surface area contributed by atoms with Gasteiger partial charge in [-0.1, -0.05) is 146 Å². The lowest BCUT2D eigenvalue weighted by Gasteiger charge is -2.28. The van der Waals surface area contributed by atoms with E-state index in [1.807, 2.05) is 18.2 Å². The third-order valence-electron chi connectivity index (χ3n) is 9.47. The molecule has 0 aliphatic carbocycles. The van der Waals surface area contributed by atoms with Crippen LogP contribution in [0.5, 0.6) is 0 Å². The minimum absolute atomic E-state index is 0.875. The summed E-state index contributed by atoms with van der Waals surface area (Å²) in [7, 11) is 0. The highest BCUT2D eigenvalue weighted by atomic mass is 16.3. The second kappa shape index (κ2) is 12.8. The van der Waals surface area contributed by atoms with E-state index in [9.17, 15) is 0 Å². The summed E-state index contributed by atoms with van der Waals surface area (Å²) < 4.78 is 6.19. The fourth-order valence-corrected chi connectivity index (χ4v) is 6.91. The topological polar surface area (TPSA) is 16.4 Å². The van der Waals surface area contributed by atoms with Gasteiger partial charge in [0, 0.05) is 27.9 Å². The first kappa shape index (κ1) is 29.5. The zero-order chi connectivity index (χ0) is 33.3. The van der Waals surface area contributed by atoms with Gasteiger partial charge >= 0.3 is 0 Å². The van der Waals surface area contributed by atoms with Crippen LogP contribution in [0.15, 0.2) is 205 Å². The van der Waals surface area contributed by atoms with Crippen LogP contribution < -0.4 is 4.90 Å². The minimum Gasteiger partial charge on any atom is -0.456 e. The lowest BCUT2D eigenvalue weighted by atomic mass is 9.99. The highest BCUT2D eigenvalue weighted by molar-refractivity contribution is 5.91. The van der Waals surface area contributed by atoms with Gasteiger partial charge < -0.3 is 9.32 Å². The molecule has 1 heterocycles. The van der Waals surface area contributed by atoms with Gasteiger partial charge in [0.15, 0.2) is 0 Å². The van der Waals surface area contributed by atoms with Gasteiger partial charge in [-0.3, -0.25) is 0 Å². The Morgan fingerprint density at radius 1 is 0.320 bits per heavy atom. The van der Waals surface area contributed by atoms with Gasteiger partial charge in [-0.05, 0) is 93.2 Å². The first-order valence-electron chi connectivity index (χ1n) is 17.0. The molecule has 1 aromatic heterocycles. The Hall–Kier alpha value is -6.64. The Bertz CT molecular complexity index is 2550. The second-order valence-electron chi connectivity index (χ2n) is 12.6. The fraction of sp³-hybridized carbons (Fsp3) is 0. The van der Waals surface area contributed by atoms with Gasteiger partial charge in [0.25, 0.3) is 0 Å². The van der Waals surface area contributed by atoms with E-state index in [2.05, 4.69) is 187 Å². The molecule has 9 aromatic rings. The van der Waals surface area contributed by atoms with Crippen LogP contribution in [0, 0.1) is 0 Å². The molecule has 0 aliphatic heterocycles. The maximum atomic E-state index is 6.19. The number of benzene rings is 8. The molecule has 0 spiro atoms. The van der Waals surface area contributed by atoms with Crippen LogP contribution in [-0.4, -0.2) is 0 Å². The SMILES string of the molecule is c1ccc(-c2ccccc2N(c2ccc(-c3cccc(-c4cc5ccccc5o4)c3)cc2)c2ccc(-c3ccc4ccccc4c3)cc2)cc1. The van der Waals surface area contributed by atoms with Gasteiger partial charge in [-0.2, -0.15) is 0 Å². The predicted octanol–water partition coefficient (Wildman–Crippen LogP) is 13.7. The van der Waals surface area contributed by atoms with Crippen molar-refractivity contribution >= 4 is 38.8 Å². The molecule has 0 amide bonds. The van der Waals surface area contributed by atoms with E-state index in [1.54, 1.807) is 0 Å². The number of hydrogen-bond acceptors (Lipinski definition) is 2. The van der Waals surface area contributed by atoms with Crippen LogP contribution in [-0.2, 0) is 0 Å². The lowest BCUT2D eigenvalue weighted by molar-refractivity contribution is 0.631. The molecule has 236 valence electrons. The Balaban J connectivity index is 1.10. The summed E-state index contributed by atoms with van der Waals surface area (Å²) in [5, 5.41) is 3.61. The second-order valence-corrected chi connectivity index (χ2v) is 12.6. The summed E-state index contributed by atoms with van der Waals surface area (Å²) in [6.07, 6.45) is 0. The van der Waals surface area contributed by atoms with Crippen molar-refractivity contribution in [3.05, 3.63) is 200 Å². The monoisotopic (exact) mass is 639 g/mol. The van der Waals surface area contributed by atoms with E-state index in [-0.39, 0.29) is 0 Å². The van der Waals surface area contributed by atoms with E-state index in [0.717, 1.165) is 50.5 Å². The number of para-hydroxylation sites is 2. The predicted molar refractivity (Wildman–Crippen MR) is 210 cm³/mol. The minimum atomic E-state index is 0.875. The highest BCUT2D eigenvalue weighted by Crippen LogP contribution is 2.42. The van der Waals surface area contributed by atoms with Crippen molar-refractivity contribution in [2.45, 2.75) is 0 Å². The fourth-order valence-electron chi connectivity index (χ4n) is 6.91. The standard InChI is InChI=1S/C48H33NO/c1-2-12-37(13-3-1)45-18-7-8-19-46(45)49(44-29-25-36(26-30-44)40-22-21-34-11-4-5-14-38(34)31-40)43-27-23-35(24-28-43)39-16-10-17-41(32-39)48-33-42-15-6-9-20-47(42)50-48/h1-33H. The smallest absolute Gasteiger partial charge is 0.135 e. The van der Waals surface area contributed by atoms with E-state index < -0.39 is 0 Å². The summed E-state index contributed by atoms with van der Waals surface area (Å²) in [5.41, 5.74) is 12.3. The van der Waals surface area contributed by atoms with Crippen LogP contribution in [0.1, 0.15) is 0 Å². The van der Waals surface area contributed by atoms with Crippen LogP contribution >= 0.6 is 0 Å². The lowest BCUT2D eigenvalue weighted by Crippen LogP contribution is -2.11. The number of furan rings is 1. The van der Waals surface area contributed by atoms with Gasteiger partial charge in [0.2, 0.25) is 0 Å². The van der Waals surface area contributed by atoms with Crippen molar-refractivity contribution in [1.82, 2.24) is 0 Å². The van der Waals surface area contributed by atoms with Crippen LogP contribution in [0.25, 0.3) is 66.4 Å². The van der Waals surface area contributed by atoms with E-state index in [4.69, 9.17) is 4.42 Å². The van der Waals surface area contributed by atoms with Crippen LogP contribution in [0.3, 0.4) is 0 Å². The first-order valence-corrected chi connectivity index (χ1v) is 17.0. The molecule has 0 saturated carbocycles. The van der Waals surface area contributed by atoms with Crippen molar-refractivity contribution in [2.24, 2.45) is 0 Å². The van der Waals surface area contributed by atoms with Crippen molar-refractivity contribution in [2.75, 3.05) is 4.90 Å². The largest absolute Gasteiger partial charge is 0.456 e. The normalized spacial score (nSPS) is 11.2. The molecule has 2 heteroatoms. The molecule has 0 unspecified atom stereocenters. The summed E-state index contributed by atoms with van der Waals surface area (Å²) in [4.78, 5) is 2.36. The number of anilines is 3. The molecule has 0 radical (unpaired) electrons. The molecular formula is C48H33NO. The average molecular weight is 640 g/mol. The van der Waals surface area contributed by atoms with Crippen LogP contribution in [0.2, 0.25) is 0 Å². The molecule has 8 aromatic carbocycles. The Labute approximate surface area is 292 Å². The van der Waals surface area contributed by atoms with Crippen LogP contribution in [0.4, 0.5) is 17.1 Å². The maximum absolute atomic E-state index is 6.19. The number of fused-ring (bicyclic) bond motifs is 2. The molecule has 50 heavy (non-hydrogen) atoms. The van der Waals surface area contributed by atoms with E-state index in [0.29, 0.717) is 0 Å². The molecule has 0 N–H and O–H groups in total. The van der Waals surface area contributed by atoms with Gasteiger partial charge in [-0.15, -0.1) is 0 Å². The van der Waals surface area contributed by atoms with Gasteiger partial charge in [-0.25, -0.2) is 0 Å². The zero-order valence-corrected chi connectivity index (χ0v) is 27.4.